The van der Waals surface area contributed by atoms with Gasteiger partial charge in [-0.1, -0.05) is 20.8 Å². The molecule has 0 aromatic carbocycles. The van der Waals surface area contributed by atoms with Crippen LogP contribution in [0.25, 0.3) is 0 Å². The van der Waals surface area contributed by atoms with Gasteiger partial charge in [0.2, 0.25) is 0 Å². The molecule has 0 spiro atoms. The fourth-order valence-corrected chi connectivity index (χ4v) is 3.22. The summed E-state index contributed by atoms with van der Waals surface area (Å²) >= 11 is 0. The molecule has 1 aliphatic carbocycles. The van der Waals surface area contributed by atoms with Gasteiger partial charge in [-0.15, -0.1) is 0 Å². The lowest BCUT2D eigenvalue weighted by molar-refractivity contribution is -0.0273. The molecular weight excluding hydrogens is 224 g/mol. The number of rotatable bonds is 4. The molecular formula is C15H30N2O. The number of likely N-dealkylation sites (N-methyl/N-ethyl adjacent to an activating group) is 1. The Morgan fingerprint density at radius 2 is 2.06 bits per heavy atom. The highest BCUT2D eigenvalue weighted by atomic mass is 16.5. The highest BCUT2D eigenvalue weighted by molar-refractivity contribution is 4.82. The minimum atomic E-state index is 0.397. The number of nitrogens with one attached hydrogen (secondary N) is 1. The van der Waals surface area contributed by atoms with Crippen LogP contribution in [-0.4, -0.2) is 49.8 Å². The smallest absolute Gasteiger partial charge is 0.0826 e. The van der Waals surface area contributed by atoms with Gasteiger partial charge < -0.3 is 10.1 Å². The monoisotopic (exact) mass is 254 g/mol. The quantitative estimate of drug-likeness (QED) is 0.832. The van der Waals surface area contributed by atoms with Crippen LogP contribution in [0.1, 0.15) is 40.0 Å². The largest absolute Gasteiger partial charge is 0.374 e. The second-order valence-corrected chi connectivity index (χ2v) is 6.26. The maximum absolute atomic E-state index is 5.84. The van der Waals surface area contributed by atoms with Crippen molar-refractivity contribution < 1.29 is 4.74 Å². The summed E-state index contributed by atoms with van der Waals surface area (Å²) < 4.78 is 5.84. The highest BCUT2D eigenvalue weighted by Gasteiger charge is 2.25. The Hall–Kier alpha value is -0.120. The molecule has 2 aliphatic rings. The second-order valence-electron chi connectivity index (χ2n) is 6.26. The van der Waals surface area contributed by atoms with Crippen LogP contribution in [-0.2, 0) is 4.74 Å². The number of hydrogen-bond acceptors (Lipinski definition) is 3. The normalized spacial score (nSPS) is 38.8. The first-order valence-corrected chi connectivity index (χ1v) is 7.76. The molecule has 0 bridgehead atoms. The third-order valence-corrected chi connectivity index (χ3v) is 4.90. The fourth-order valence-electron chi connectivity index (χ4n) is 3.22. The summed E-state index contributed by atoms with van der Waals surface area (Å²) in [7, 11) is 0. The van der Waals surface area contributed by atoms with Crippen LogP contribution in [0.4, 0.5) is 0 Å². The van der Waals surface area contributed by atoms with Crippen LogP contribution in [0.5, 0.6) is 0 Å². The van der Waals surface area contributed by atoms with Crippen molar-refractivity contribution in [3.05, 3.63) is 0 Å². The molecule has 4 atom stereocenters. The van der Waals surface area contributed by atoms with Crippen molar-refractivity contribution in [2.75, 3.05) is 32.8 Å². The van der Waals surface area contributed by atoms with Gasteiger partial charge in [0.1, 0.15) is 0 Å². The van der Waals surface area contributed by atoms with Gasteiger partial charge in [0.05, 0.1) is 12.7 Å². The van der Waals surface area contributed by atoms with Crippen LogP contribution < -0.4 is 5.32 Å². The van der Waals surface area contributed by atoms with E-state index in [-0.39, 0.29) is 0 Å². The first-order chi connectivity index (χ1) is 8.69. The summed E-state index contributed by atoms with van der Waals surface area (Å²) in [5, 5.41) is 3.74. The maximum atomic E-state index is 5.84. The molecule has 0 amide bonds. The third kappa shape index (κ3) is 3.94. The van der Waals surface area contributed by atoms with Crippen LogP contribution in [0.15, 0.2) is 0 Å². The van der Waals surface area contributed by atoms with E-state index < -0.39 is 0 Å². The Bertz CT molecular complexity index is 241. The summed E-state index contributed by atoms with van der Waals surface area (Å²) in [5.41, 5.74) is 0. The van der Waals surface area contributed by atoms with E-state index in [1.54, 1.807) is 0 Å². The zero-order chi connectivity index (χ0) is 13.0. The molecule has 2 rings (SSSR count). The van der Waals surface area contributed by atoms with Crippen molar-refractivity contribution in [2.24, 2.45) is 11.8 Å². The SMILES string of the molecule is CCN1CCOC(CNC2CCC(C)C(C)C2)C1. The molecule has 2 fully saturated rings. The van der Waals surface area contributed by atoms with Crippen molar-refractivity contribution in [2.45, 2.75) is 52.2 Å². The predicted molar refractivity (Wildman–Crippen MR) is 75.8 cm³/mol. The van der Waals surface area contributed by atoms with Crippen LogP contribution in [0, 0.1) is 11.8 Å². The average Bonchev–Trinajstić information content (AvgIpc) is 2.40. The van der Waals surface area contributed by atoms with Crippen LogP contribution in [0.2, 0.25) is 0 Å². The summed E-state index contributed by atoms with van der Waals surface area (Å²) in [6.07, 6.45) is 4.46. The molecule has 18 heavy (non-hydrogen) atoms. The Morgan fingerprint density at radius 1 is 1.22 bits per heavy atom. The second kappa shape index (κ2) is 6.88. The van der Waals surface area contributed by atoms with Gasteiger partial charge in [-0.3, -0.25) is 4.90 Å². The first kappa shape index (κ1) is 14.3. The molecule has 1 heterocycles. The van der Waals surface area contributed by atoms with Gasteiger partial charge in [-0.25, -0.2) is 0 Å². The number of morpholine rings is 1. The Kier molecular flexibility index (Phi) is 5.46. The van der Waals surface area contributed by atoms with Crippen LogP contribution in [0.3, 0.4) is 0 Å². The standard InChI is InChI=1S/C15H30N2O/c1-4-17-7-8-18-15(11-17)10-16-14-6-5-12(2)13(3)9-14/h12-16H,4-11H2,1-3H3. The Balaban J connectivity index is 1.68. The van der Waals surface area contributed by atoms with E-state index in [0.717, 1.165) is 50.7 Å². The number of ether oxygens (including phenoxy) is 1. The number of hydrogen-bond donors (Lipinski definition) is 1. The zero-order valence-corrected chi connectivity index (χ0v) is 12.3. The summed E-state index contributed by atoms with van der Waals surface area (Å²) in [5.74, 6) is 1.78. The van der Waals surface area contributed by atoms with Crippen molar-refractivity contribution in [1.82, 2.24) is 10.2 Å². The molecule has 1 saturated carbocycles. The fraction of sp³-hybridized carbons (Fsp3) is 1.00. The van der Waals surface area contributed by atoms with Gasteiger partial charge >= 0.3 is 0 Å². The van der Waals surface area contributed by atoms with Gasteiger partial charge in [0.25, 0.3) is 0 Å². The molecule has 106 valence electrons. The molecule has 0 aromatic rings. The molecule has 3 nitrogen and oxygen atoms in total. The van der Waals surface area contributed by atoms with Gasteiger partial charge in [-0.05, 0) is 37.6 Å². The van der Waals surface area contributed by atoms with Crippen molar-refractivity contribution in [1.29, 1.82) is 0 Å². The molecule has 1 aliphatic heterocycles. The van der Waals surface area contributed by atoms with E-state index in [1.807, 2.05) is 0 Å². The van der Waals surface area contributed by atoms with Crippen molar-refractivity contribution in [3.8, 4) is 0 Å². The first-order valence-electron chi connectivity index (χ1n) is 7.76. The lowest BCUT2D eigenvalue weighted by Crippen LogP contribution is -2.48. The Labute approximate surface area is 112 Å². The van der Waals surface area contributed by atoms with E-state index in [9.17, 15) is 0 Å². The molecule has 4 unspecified atom stereocenters. The summed E-state index contributed by atoms with van der Waals surface area (Å²) in [6, 6.07) is 0.719. The molecule has 3 heteroatoms. The van der Waals surface area contributed by atoms with E-state index in [1.165, 1.54) is 19.3 Å². The predicted octanol–water partition coefficient (Wildman–Crippen LogP) is 2.12. The number of nitrogens with zero attached hydrogens (tertiary/aromatic N) is 1. The molecule has 0 aromatic heterocycles. The third-order valence-electron chi connectivity index (χ3n) is 4.90. The molecule has 0 radical (unpaired) electrons. The maximum Gasteiger partial charge on any atom is 0.0826 e. The summed E-state index contributed by atoms with van der Waals surface area (Å²) in [6.45, 7) is 12.3. The van der Waals surface area contributed by atoms with Gasteiger partial charge in [0, 0.05) is 25.7 Å². The van der Waals surface area contributed by atoms with E-state index in [4.69, 9.17) is 4.74 Å². The van der Waals surface area contributed by atoms with E-state index in [2.05, 4.69) is 31.0 Å². The Morgan fingerprint density at radius 3 is 2.78 bits per heavy atom. The highest BCUT2D eigenvalue weighted by Crippen LogP contribution is 2.29. The lowest BCUT2D eigenvalue weighted by atomic mass is 9.79. The van der Waals surface area contributed by atoms with E-state index in [0.29, 0.717) is 6.10 Å². The summed E-state index contributed by atoms with van der Waals surface area (Å²) in [4.78, 5) is 2.49. The van der Waals surface area contributed by atoms with Gasteiger partial charge in [0.15, 0.2) is 0 Å². The minimum absolute atomic E-state index is 0.397. The molecule has 1 N–H and O–H groups in total. The average molecular weight is 254 g/mol. The minimum Gasteiger partial charge on any atom is -0.374 e. The van der Waals surface area contributed by atoms with Crippen molar-refractivity contribution in [3.63, 3.8) is 0 Å². The van der Waals surface area contributed by atoms with Crippen LogP contribution >= 0.6 is 0 Å². The van der Waals surface area contributed by atoms with Crippen molar-refractivity contribution >= 4 is 0 Å². The van der Waals surface area contributed by atoms with E-state index >= 15 is 0 Å². The zero-order valence-electron chi connectivity index (χ0n) is 12.3. The topological polar surface area (TPSA) is 24.5 Å². The lowest BCUT2D eigenvalue weighted by Gasteiger charge is -2.36. The molecule has 1 saturated heterocycles. The van der Waals surface area contributed by atoms with Gasteiger partial charge in [-0.2, -0.15) is 0 Å².